The van der Waals surface area contributed by atoms with E-state index in [4.69, 9.17) is 11.6 Å². The lowest BCUT2D eigenvalue weighted by molar-refractivity contribution is 0.527. The van der Waals surface area contributed by atoms with Crippen LogP contribution in [0.2, 0.25) is 5.02 Å². The Morgan fingerprint density at radius 3 is 2.33 bits per heavy atom. The molecule has 0 saturated heterocycles. The normalized spacial score (nSPS) is 12.4. The molecule has 2 aromatic rings. The van der Waals surface area contributed by atoms with Gasteiger partial charge in [0.25, 0.3) is 0 Å². The Kier molecular flexibility index (Phi) is 5.71. The topological polar surface area (TPSA) is 12.0 Å². The Bertz CT molecular complexity index is 584. The van der Waals surface area contributed by atoms with Gasteiger partial charge >= 0.3 is 0 Å². The quantitative estimate of drug-likeness (QED) is 0.800. The van der Waals surface area contributed by atoms with Crippen molar-refractivity contribution < 1.29 is 8.78 Å². The van der Waals surface area contributed by atoms with E-state index < -0.39 is 0 Å². The van der Waals surface area contributed by atoms with Crippen LogP contribution in [0.4, 0.5) is 8.78 Å². The number of benzene rings is 2. The highest BCUT2D eigenvalue weighted by Crippen LogP contribution is 2.24. The fraction of sp³-hybridized carbons (Fsp3) is 0.294. The van der Waals surface area contributed by atoms with Crippen LogP contribution in [0.5, 0.6) is 0 Å². The molecule has 0 radical (unpaired) electrons. The van der Waals surface area contributed by atoms with Crippen molar-refractivity contribution in [2.45, 2.75) is 25.8 Å². The highest BCUT2D eigenvalue weighted by atomic mass is 35.5. The summed E-state index contributed by atoms with van der Waals surface area (Å²) >= 11 is 6.09. The molecule has 2 rings (SSSR count). The van der Waals surface area contributed by atoms with Crippen LogP contribution < -0.4 is 5.32 Å². The van der Waals surface area contributed by atoms with E-state index in [1.54, 1.807) is 18.2 Å². The van der Waals surface area contributed by atoms with Crippen LogP contribution in [0.1, 0.15) is 30.5 Å². The average molecular weight is 310 g/mol. The molecule has 0 aliphatic carbocycles. The third-order valence-electron chi connectivity index (χ3n) is 3.35. The van der Waals surface area contributed by atoms with Gasteiger partial charge in [0.1, 0.15) is 11.6 Å². The Hall–Kier alpha value is -1.45. The van der Waals surface area contributed by atoms with Gasteiger partial charge in [0.05, 0.1) is 0 Å². The highest BCUT2D eigenvalue weighted by Gasteiger charge is 2.14. The molecule has 4 heteroatoms. The van der Waals surface area contributed by atoms with Gasteiger partial charge in [-0.25, -0.2) is 8.78 Å². The van der Waals surface area contributed by atoms with Crippen molar-refractivity contribution in [1.82, 2.24) is 5.32 Å². The van der Waals surface area contributed by atoms with E-state index in [0.29, 0.717) is 11.4 Å². The largest absolute Gasteiger partial charge is 0.310 e. The number of hydrogen-bond acceptors (Lipinski definition) is 1. The first kappa shape index (κ1) is 15.9. The van der Waals surface area contributed by atoms with Crippen molar-refractivity contribution in [2.75, 3.05) is 6.54 Å². The van der Waals surface area contributed by atoms with E-state index in [-0.39, 0.29) is 17.7 Å². The third-order valence-corrected chi connectivity index (χ3v) is 3.70. The molecule has 0 amide bonds. The van der Waals surface area contributed by atoms with E-state index >= 15 is 0 Å². The van der Waals surface area contributed by atoms with Crippen LogP contribution in [-0.2, 0) is 6.42 Å². The summed E-state index contributed by atoms with van der Waals surface area (Å²) in [5.74, 6) is -0.601. The third kappa shape index (κ3) is 4.51. The van der Waals surface area contributed by atoms with Crippen LogP contribution in [0.15, 0.2) is 42.5 Å². The molecule has 0 aromatic heterocycles. The van der Waals surface area contributed by atoms with Crippen molar-refractivity contribution in [3.8, 4) is 0 Å². The standard InChI is InChI=1S/C17H18ClF2N/c1-2-9-21-17(12-3-6-14(19)7-4-12)10-13-5-8-15(20)11-16(13)18/h3-8,11,17,21H,2,9-10H2,1H3. The van der Waals surface area contributed by atoms with Gasteiger partial charge in [-0.05, 0) is 54.8 Å². The molecule has 1 unspecified atom stereocenters. The Labute approximate surface area is 128 Å². The first-order valence-electron chi connectivity index (χ1n) is 7.03. The molecular formula is C17H18ClF2N. The molecule has 0 heterocycles. The van der Waals surface area contributed by atoms with Crippen LogP contribution in [0.25, 0.3) is 0 Å². The number of hydrogen-bond donors (Lipinski definition) is 1. The monoisotopic (exact) mass is 309 g/mol. The minimum atomic E-state index is -0.344. The lowest BCUT2D eigenvalue weighted by atomic mass is 9.98. The smallest absolute Gasteiger partial charge is 0.124 e. The van der Waals surface area contributed by atoms with E-state index in [9.17, 15) is 8.78 Å². The average Bonchev–Trinajstić information content (AvgIpc) is 2.46. The summed E-state index contributed by atoms with van der Waals surface area (Å²) in [5, 5.41) is 3.84. The first-order chi connectivity index (χ1) is 10.1. The summed E-state index contributed by atoms with van der Waals surface area (Å²) in [7, 11) is 0. The predicted octanol–water partition coefficient (Wildman–Crippen LogP) is 4.90. The summed E-state index contributed by atoms with van der Waals surface area (Å²) in [4.78, 5) is 0. The maximum atomic E-state index is 13.1. The second-order valence-corrected chi connectivity index (χ2v) is 5.41. The van der Waals surface area contributed by atoms with Crippen molar-refractivity contribution >= 4 is 11.6 Å². The molecule has 1 atom stereocenters. The van der Waals surface area contributed by atoms with Crippen LogP contribution in [0, 0.1) is 11.6 Å². The molecule has 0 aliphatic heterocycles. The van der Waals surface area contributed by atoms with Crippen molar-refractivity contribution in [3.63, 3.8) is 0 Å². The maximum absolute atomic E-state index is 13.1. The molecular weight excluding hydrogens is 292 g/mol. The van der Waals surface area contributed by atoms with Crippen molar-refractivity contribution in [2.24, 2.45) is 0 Å². The molecule has 2 aromatic carbocycles. The minimum Gasteiger partial charge on any atom is -0.310 e. The summed E-state index contributed by atoms with van der Waals surface area (Å²) < 4.78 is 26.2. The number of halogens is 3. The minimum absolute atomic E-state index is 0.0218. The number of rotatable bonds is 6. The molecule has 1 nitrogen and oxygen atoms in total. The number of nitrogens with one attached hydrogen (secondary N) is 1. The molecule has 0 aliphatic rings. The summed E-state index contributed by atoms with van der Waals surface area (Å²) in [6.07, 6.45) is 1.62. The Balaban J connectivity index is 2.21. The summed E-state index contributed by atoms with van der Waals surface area (Å²) in [6, 6.07) is 10.9. The maximum Gasteiger partial charge on any atom is 0.124 e. The molecule has 0 saturated carbocycles. The van der Waals surface area contributed by atoms with Gasteiger partial charge in [-0.15, -0.1) is 0 Å². The second kappa shape index (κ2) is 7.53. The molecule has 21 heavy (non-hydrogen) atoms. The van der Waals surface area contributed by atoms with E-state index in [2.05, 4.69) is 12.2 Å². The van der Waals surface area contributed by atoms with Gasteiger partial charge in [0.15, 0.2) is 0 Å². The highest BCUT2D eigenvalue weighted by molar-refractivity contribution is 6.31. The van der Waals surface area contributed by atoms with E-state index in [1.807, 2.05) is 0 Å². The Morgan fingerprint density at radius 1 is 1.05 bits per heavy atom. The van der Waals surface area contributed by atoms with Gasteiger partial charge in [-0.3, -0.25) is 0 Å². The fourth-order valence-corrected chi connectivity index (χ4v) is 2.47. The lowest BCUT2D eigenvalue weighted by Crippen LogP contribution is -2.24. The molecule has 1 N–H and O–H groups in total. The Morgan fingerprint density at radius 2 is 1.71 bits per heavy atom. The van der Waals surface area contributed by atoms with E-state index in [1.165, 1.54) is 24.3 Å². The molecule has 0 bridgehead atoms. The van der Waals surface area contributed by atoms with Crippen LogP contribution in [0.3, 0.4) is 0 Å². The predicted molar refractivity (Wildman–Crippen MR) is 82.5 cm³/mol. The molecule has 0 fully saturated rings. The van der Waals surface area contributed by atoms with Gasteiger partial charge in [-0.2, -0.15) is 0 Å². The zero-order chi connectivity index (χ0) is 15.2. The summed E-state index contributed by atoms with van der Waals surface area (Å²) in [6.45, 7) is 2.93. The zero-order valence-electron chi connectivity index (χ0n) is 11.9. The zero-order valence-corrected chi connectivity index (χ0v) is 12.6. The van der Waals surface area contributed by atoms with E-state index in [0.717, 1.165) is 24.1 Å². The van der Waals surface area contributed by atoms with Crippen LogP contribution >= 0.6 is 11.6 Å². The van der Waals surface area contributed by atoms with Crippen molar-refractivity contribution in [3.05, 3.63) is 70.2 Å². The van der Waals surface area contributed by atoms with Crippen LogP contribution in [-0.4, -0.2) is 6.54 Å². The van der Waals surface area contributed by atoms with Crippen molar-refractivity contribution in [1.29, 1.82) is 0 Å². The SMILES string of the molecule is CCCNC(Cc1ccc(F)cc1Cl)c1ccc(F)cc1. The molecule has 0 spiro atoms. The molecule has 112 valence electrons. The van der Waals surface area contributed by atoms with Gasteiger partial charge in [0.2, 0.25) is 0 Å². The second-order valence-electron chi connectivity index (χ2n) is 5.00. The summed E-state index contributed by atoms with van der Waals surface area (Å²) in [5.41, 5.74) is 1.86. The van der Waals surface area contributed by atoms with Gasteiger partial charge in [-0.1, -0.05) is 36.7 Å². The first-order valence-corrected chi connectivity index (χ1v) is 7.40. The van der Waals surface area contributed by atoms with Gasteiger partial charge < -0.3 is 5.32 Å². The fourth-order valence-electron chi connectivity index (χ4n) is 2.23. The lowest BCUT2D eigenvalue weighted by Gasteiger charge is -2.20. The van der Waals surface area contributed by atoms with Gasteiger partial charge in [0, 0.05) is 11.1 Å².